The molecule has 2 heterocycles. The first-order chi connectivity index (χ1) is 10.3. The van der Waals surface area contributed by atoms with Crippen molar-refractivity contribution in [2.45, 2.75) is 50.5 Å². The van der Waals surface area contributed by atoms with Gasteiger partial charge in [0.05, 0.1) is 0 Å². The number of carbonyl (C=O) groups excluding carboxylic acids is 1. The van der Waals surface area contributed by atoms with E-state index in [1.54, 1.807) is 0 Å². The lowest BCUT2D eigenvalue weighted by Crippen LogP contribution is -2.48. The zero-order chi connectivity index (χ0) is 14.2. The van der Waals surface area contributed by atoms with Gasteiger partial charge in [-0.2, -0.15) is 0 Å². The molecule has 0 radical (unpaired) electrons. The van der Waals surface area contributed by atoms with Crippen molar-refractivity contribution < 1.29 is 4.79 Å². The smallest absolute Gasteiger partial charge is 0.223 e. The van der Waals surface area contributed by atoms with E-state index in [0.29, 0.717) is 11.8 Å². The molecule has 1 atom stereocenters. The normalized spacial score (nSPS) is 25.7. The molecule has 21 heavy (non-hydrogen) atoms. The molecule has 2 saturated carbocycles. The predicted octanol–water partition coefficient (Wildman–Crippen LogP) is 1.85. The first kappa shape index (κ1) is 13.0. The molecule has 5 nitrogen and oxygen atoms in total. The molecule has 4 rings (SSSR count). The Morgan fingerprint density at radius 1 is 1.24 bits per heavy atom. The Bertz CT molecular complexity index is 539. The van der Waals surface area contributed by atoms with Crippen molar-refractivity contribution in [1.29, 1.82) is 0 Å². The van der Waals surface area contributed by atoms with Crippen molar-refractivity contribution in [3.8, 4) is 0 Å². The number of nitrogens with one attached hydrogen (secondary N) is 1. The summed E-state index contributed by atoms with van der Waals surface area (Å²) in [5, 5.41) is 3.21. The second-order valence-corrected chi connectivity index (χ2v) is 6.62. The van der Waals surface area contributed by atoms with Gasteiger partial charge in [-0.1, -0.05) is 0 Å². The fraction of sp³-hybridized carbons (Fsp3) is 0.688. The van der Waals surface area contributed by atoms with Gasteiger partial charge in [0.2, 0.25) is 5.91 Å². The van der Waals surface area contributed by atoms with E-state index in [1.807, 2.05) is 12.3 Å². The minimum Gasteiger partial charge on any atom is -0.354 e. The fourth-order valence-electron chi connectivity index (χ4n) is 3.05. The summed E-state index contributed by atoms with van der Waals surface area (Å²) < 4.78 is 0. The molecule has 1 amide bonds. The van der Waals surface area contributed by atoms with Crippen LogP contribution < -0.4 is 10.2 Å². The topological polar surface area (TPSA) is 58.1 Å². The van der Waals surface area contributed by atoms with Crippen LogP contribution in [0, 0.1) is 5.92 Å². The van der Waals surface area contributed by atoms with Crippen molar-refractivity contribution in [3.63, 3.8) is 0 Å². The Balaban J connectivity index is 1.42. The molecule has 3 aliphatic rings. The van der Waals surface area contributed by atoms with Gasteiger partial charge < -0.3 is 10.2 Å². The highest BCUT2D eigenvalue weighted by atomic mass is 16.2. The molecule has 0 aromatic carbocycles. The lowest BCUT2D eigenvalue weighted by atomic mass is 10.1. The summed E-state index contributed by atoms with van der Waals surface area (Å²) in [4.78, 5) is 23.3. The summed E-state index contributed by atoms with van der Waals surface area (Å²) in [7, 11) is 0. The molecule has 2 aliphatic carbocycles. The molecule has 0 spiro atoms. The van der Waals surface area contributed by atoms with Crippen LogP contribution in [0.25, 0.3) is 0 Å². The van der Waals surface area contributed by atoms with E-state index in [1.165, 1.54) is 12.8 Å². The third-order valence-electron chi connectivity index (χ3n) is 4.64. The number of amides is 1. The average molecular weight is 286 g/mol. The van der Waals surface area contributed by atoms with Crippen molar-refractivity contribution in [1.82, 2.24) is 15.3 Å². The Morgan fingerprint density at radius 2 is 2.10 bits per heavy atom. The lowest BCUT2D eigenvalue weighted by molar-refractivity contribution is -0.123. The van der Waals surface area contributed by atoms with Gasteiger partial charge in [0.25, 0.3) is 0 Å². The Morgan fingerprint density at radius 3 is 2.86 bits per heavy atom. The van der Waals surface area contributed by atoms with Gasteiger partial charge in [0.15, 0.2) is 0 Å². The van der Waals surface area contributed by atoms with E-state index in [9.17, 15) is 4.79 Å². The van der Waals surface area contributed by atoms with Crippen molar-refractivity contribution in [2.75, 3.05) is 18.0 Å². The van der Waals surface area contributed by atoms with Crippen molar-refractivity contribution in [2.24, 2.45) is 5.92 Å². The number of anilines is 1. The molecule has 5 heteroatoms. The molecule has 1 aromatic rings. The molecule has 1 aromatic heterocycles. The quantitative estimate of drug-likeness (QED) is 0.917. The van der Waals surface area contributed by atoms with Crippen LogP contribution in [-0.2, 0) is 4.79 Å². The zero-order valence-electron chi connectivity index (χ0n) is 12.3. The highest BCUT2D eigenvalue weighted by Crippen LogP contribution is 2.38. The summed E-state index contributed by atoms with van der Waals surface area (Å²) in [5.74, 6) is 3.15. The van der Waals surface area contributed by atoms with Crippen LogP contribution in [0.1, 0.15) is 50.3 Å². The van der Waals surface area contributed by atoms with E-state index in [-0.39, 0.29) is 11.9 Å². The Labute approximate surface area is 125 Å². The first-order valence-corrected chi connectivity index (χ1v) is 8.18. The van der Waals surface area contributed by atoms with Gasteiger partial charge in [0, 0.05) is 37.2 Å². The Kier molecular flexibility index (Phi) is 3.28. The van der Waals surface area contributed by atoms with Crippen LogP contribution in [0.4, 0.5) is 5.82 Å². The minimum absolute atomic E-state index is 0.253. The average Bonchev–Trinajstić information content (AvgIpc) is 3.41. The number of rotatable bonds is 4. The van der Waals surface area contributed by atoms with Crippen LogP contribution in [0.5, 0.6) is 0 Å². The van der Waals surface area contributed by atoms with E-state index >= 15 is 0 Å². The Hall–Kier alpha value is -1.65. The standard InChI is InChI=1S/C16H22N4O/c21-16(12-5-6-12)18-13-2-1-9-20(10-13)14-7-8-17-15(19-14)11-3-4-11/h7-8,11-13H,1-6,9-10H2,(H,18,21). The minimum atomic E-state index is 0.253. The maximum atomic E-state index is 11.9. The molecular weight excluding hydrogens is 264 g/mol. The van der Waals surface area contributed by atoms with Gasteiger partial charge in [-0.3, -0.25) is 4.79 Å². The number of piperidine rings is 1. The van der Waals surface area contributed by atoms with Crippen LogP contribution in [0.2, 0.25) is 0 Å². The monoisotopic (exact) mass is 286 g/mol. The molecule has 0 bridgehead atoms. The number of nitrogens with zero attached hydrogens (tertiary/aromatic N) is 3. The van der Waals surface area contributed by atoms with E-state index in [4.69, 9.17) is 4.98 Å². The number of carbonyl (C=O) groups is 1. The number of hydrogen-bond donors (Lipinski definition) is 1. The molecule has 1 aliphatic heterocycles. The molecule has 1 unspecified atom stereocenters. The molecule has 1 N–H and O–H groups in total. The summed E-state index contributed by atoms with van der Waals surface area (Å²) in [5.41, 5.74) is 0. The number of hydrogen-bond acceptors (Lipinski definition) is 4. The van der Waals surface area contributed by atoms with E-state index in [2.05, 4.69) is 15.2 Å². The summed E-state index contributed by atoms with van der Waals surface area (Å²) in [6.45, 7) is 1.90. The third kappa shape index (κ3) is 3.01. The van der Waals surface area contributed by atoms with Crippen LogP contribution in [0.3, 0.4) is 0 Å². The SMILES string of the molecule is O=C(NC1CCCN(c2ccnc(C3CC3)n2)C1)C1CC1. The second kappa shape index (κ2) is 5.28. The van der Waals surface area contributed by atoms with Crippen LogP contribution in [-0.4, -0.2) is 35.0 Å². The molecule has 112 valence electrons. The van der Waals surface area contributed by atoms with Gasteiger partial charge in [-0.05, 0) is 44.6 Å². The molecular formula is C16H22N4O. The van der Waals surface area contributed by atoms with Gasteiger partial charge >= 0.3 is 0 Å². The largest absolute Gasteiger partial charge is 0.354 e. The van der Waals surface area contributed by atoms with Gasteiger partial charge in [-0.25, -0.2) is 9.97 Å². The van der Waals surface area contributed by atoms with E-state index in [0.717, 1.165) is 50.4 Å². The number of aromatic nitrogens is 2. The maximum absolute atomic E-state index is 11.9. The molecule has 1 saturated heterocycles. The van der Waals surface area contributed by atoms with Crippen LogP contribution >= 0.6 is 0 Å². The summed E-state index contributed by atoms with van der Waals surface area (Å²) in [6.07, 6.45) is 8.65. The predicted molar refractivity (Wildman–Crippen MR) is 80.1 cm³/mol. The lowest BCUT2D eigenvalue weighted by Gasteiger charge is -2.34. The highest BCUT2D eigenvalue weighted by Gasteiger charge is 2.32. The van der Waals surface area contributed by atoms with Crippen molar-refractivity contribution in [3.05, 3.63) is 18.1 Å². The molecule has 3 fully saturated rings. The summed E-state index contributed by atoms with van der Waals surface area (Å²) >= 11 is 0. The third-order valence-corrected chi connectivity index (χ3v) is 4.64. The maximum Gasteiger partial charge on any atom is 0.223 e. The fourth-order valence-corrected chi connectivity index (χ4v) is 3.05. The van der Waals surface area contributed by atoms with Crippen LogP contribution in [0.15, 0.2) is 12.3 Å². The highest BCUT2D eigenvalue weighted by molar-refractivity contribution is 5.81. The van der Waals surface area contributed by atoms with Gasteiger partial charge in [-0.15, -0.1) is 0 Å². The van der Waals surface area contributed by atoms with Crippen molar-refractivity contribution >= 4 is 11.7 Å². The van der Waals surface area contributed by atoms with Gasteiger partial charge in [0.1, 0.15) is 11.6 Å². The summed E-state index contributed by atoms with van der Waals surface area (Å²) in [6, 6.07) is 2.27. The zero-order valence-corrected chi connectivity index (χ0v) is 12.3. The van der Waals surface area contributed by atoms with E-state index < -0.39 is 0 Å². The first-order valence-electron chi connectivity index (χ1n) is 8.18. The second-order valence-electron chi connectivity index (χ2n) is 6.62.